The highest BCUT2D eigenvalue weighted by molar-refractivity contribution is 7.13. The number of anilines is 1. The molecule has 0 unspecified atom stereocenters. The van der Waals surface area contributed by atoms with Crippen molar-refractivity contribution in [1.82, 2.24) is 10.2 Å². The van der Waals surface area contributed by atoms with Crippen LogP contribution in [0.3, 0.4) is 0 Å². The van der Waals surface area contributed by atoms with Gasteiger partial charge in [-0.25, -0.2) is 4.39 Å². The SMILES string of the molecule is Cc1c(NC(=O)c2c(F)cccc2Cl)n[nH]c1-c1cccs1. The number of halogens is 2. The molecule has 0 aliphatic carbocycles. The zero-order valence-corrected chi connectivity index (χ0v) is 13.1. The molecule has 1 aromatic carbocycles. The number of H-pyrrole nitrogens is 1. The Kier molecular flexibility index (Phi) is 3.96. The summed E-state index contributed by atoms with van der Waals surface area (Å²) in [7, 11) is 0. The van der Waals surface area contributed by atoms with Gasteiger partial charge in [0.05, 0.1) is 21.2 Å². The highest BCUT2D eigenvalue weighted by Gasteiger charge is 2.19. The lowest BCUT2D eigenvalue weighted by molar-refractivity contribution is 0.102. The molecule has 0 saturated heterocycles. The molecule has 112 valence electrons. The van der Waals surface area contributed by atoms with E-state index in [0.29, 0.717) is 5.82 Å². The van der Waals surface area contributed by atoms with Crippen molar-refractivity contribution in [1.29, 1.82) is 0 Å². The van der Waals surface area contributed by atoms with Gasteiger partial charge in [-0.15, -0.1) is 11.3 Å². The van der Waals surface area contributed by atoms with E-state index >= 15 is 0 Å². The first-order chi connectivity index (χ1) is 10.6. The van der Waals surface area contributed by atoms with Gasteiger partial charge in [-0.2, -0.15) is 5.10 Å². The van der Waals surface area contributed by atoms with Crippen LogP contribution in [0.4, 0.5) is 10.2 Å². The third kappa shape index (κ3) is 2.63. The van der Waals surface area contributed by atoms with Gasteiger partial charge in [0.15, 0.2) is 5.82 Å². The van der Waals surface area contributed by atoms with Gasteiger partial charge in [-0.1, -0.05) is 23.7 Å². The summed E-state index contributed by atoms with van der Waals surface area (Å²) in [4.78, 5) is 13.2. The van der Waals surface area contributed by atoms with Crippen molar-refractivity contribution in [3.63, 3.8) is 0 Å². The Bertz CT molecular complexity index is 809. The van der Waals surface area contributed by atoms with Crippen LogP contribution in [0.1, 0.15) is 15.9 Å². The van der Waals surface area contributed by atoms with Crippen LogP contribution in [0.5, 0.6) is 0 Å². The molecule has 3 rings (SSSR count). The lowest BCUT2D eigenvalue weighted by atomic mass is 10.2. The van der Waals surface area contributed by atoms with E-state index < -0.39 is 11.7 Å². The van der Waals surface area contributed by atoms with Crippen LogP contribution in [0.2, 0.25) is 5.02 Å². The second kappa shape index (κ2) is 5.90. The third-order valence-corrected chi connectivity index (χ3v) is 4.40. The largest absolute Gasteiger partial charge is 0.305 e. The number of carbonyl (C=O) groups excluding carboxylic acids is 1. The van der Waals surface area contributed by atoms with Crippen LogP contribution in [-0.4, -0.2) is 16.1 Å². The standard InChI is InChI=1S/C15H11ClFN3OS/c1-8-13(11-6-3-7-22-11)19-20-14(8)18-15(21)12-9(16)4-2-5-10(12)17/h2-7H,1H3,(H2,18,19,20,21). The van der Waals surface area contributed by atoms with Crippen molar-refractivity contribution < 1.29 is 9.18 Å². The summed E-state index contributed by atoms with van der Waals surface area (Å²) < 4.78 is 13.8. The summed E-state index contributed by atoms with van der Waals surface area (Å²) in [5.74, 6) is -0.945. The van der Waals surface area contributed by atoms with Crippen LogP contribution in [0, 0.1) is 12.7 Å². The summed E-state index contributed by atoms with van der Waals surface area (Å²) in [6.45, 7) is 1.83. The average molecular weight is 336 g/mol. The number of nitrogens with zero attached hydrogens (tertiary/aromatic N) is 1. The number of aromatic nitrogens is 2. The molecule has 0 radical (unpaired) electrons. The van der Waals surface area contributed by atoms with Crippen LogP contribution in [0.25, 0.3) is 10.6 Å². The van der Waals surface area contributed by atoms with Gasteiger partial charge < -0.3 is 5.32 Å². The molecule has 0 bridgehead atoms. The van der Waals surface area contributed by atoms with E-state index in [9.17, 15) is 9.18 Å². The van der Waals surface area contributed by atoms with E-state index in [1.807, 2.05) is 24.4 Å². The molecule has 0 saturated carbocycles. The van der Waals surface area contributed by atoms with E-state index in [0.717, 1.165) is 16.1 Å². The zero-order valence-electron chi connectivity index (χ0n) is 11.5. The number of hydrogen-bond donors (Lipinski definition) is 2. The van der Waals surface area contributed by atoms with Crippen LogP contribution < -0.4 is 5.32 Å². The number of amides is 1. The Hall–Kier alpha value is -2.18. The maximum Gasteiger partial charge on any atom is 0.261 e. The number of benzene rings is 1. The van der Waals surface area contributed by atoms with Crippen molar-refractivity contribution in [2.45, 2.75) is 6.92 Å². The lowest BCUT2D eigenvalue weighted by Crippen LogP contribution is -2.15. The van der Waals surface area contributed by atoms with E-state index in [1.165, 1.54) is 18.2 Å². The predicted molar refractivity (Wildman–Crippen MR) is 86.0 cm³/mol. The number of rotatable bonds is 3. The Morgan fingerprint density at radius 3 is 2.86 bits per heavy atom. The fourth-order valence-corrected chi connectivity index (χ4v) is 3.09. The first-order valence-corrected chi connectivity index (χ1v) is 7.68. The lowest BCUT2D eigenvalue weighted by Gasteiger charge is -2.06. The summed E-state index contributed by atoms with van der Waals surface area (Å²) in [5.41, 5.74) is 1.41. The molecule has 0 spiro atoms. The van der Waals surface area contributed by atoms with Crippen molar-refractivity contribution in [3.05, 3.63) is 57.7 Å². The molecule has 2 aromatic heterocycles. The Balaban J connectivity index is 1.90. The van der Waals surface area contributed by atoms with E-state index in [1.54, 1.807) is 11.3 Å². The van der Waals surface area contributed by atoms with Gasteiger partial charge in [-0.3, -0.25) is 9.89 Å². The number of aromatic amines is 1. The average Bonchev–Trinajstić information content (AvgIpc) is 3.10. The van der Waals surface area contributed by atoms with E-state index in [4.69, 9.17) is 11.6 Å². The van der Waals surface area contributed by atoms with Gasteiger partial charge in [0.2, 0.25) is 0 Å². The third-order valence-electron chi connectivity index (χ3n) is 3.20. The van der Waals surface area contributed by atoms with Gasteiger partial charge in [0.1, 0.15) is 5.82 Å². The smallest absolute Gasteiger partial charge is 0.261 e. The molecule has 2 N–H and O–H groups in total. The highest BCUT2D eigenvalue weighted by Crippen LogP contribution is 2.30. The monoisotopic (exact) mass is 335 g/mol. The second-order valence-corrected chi connectivity index (χ2v) is 5.96. The van der Waals surface area contributed by atoms with Crippen LogP contribution in [0.15, 0.2) is 35.7 Å². The molecule has 22 heavy (non-hydrogen) atoms. The minimum absolute atomic E-state index is 0.0594. The maximum atomic E-state index is 13.8. The van der Waals surface area contributed by atoms with Gasteiger partial charge in [0.25, 0.3) is 5.91 Å². The topological polar surface area (TPSA) is 57.8 Å². The minimum atomic E-state index is -0.670. The van der Waals surface area contributed by atoms with Crippen molar-refractivity contribution in [2.24, 2.45) is 0 Å². The molecule has 7 heteroatoms. The Labute approximate surface area is 134 Å². The molecule has 1 amide bonds. The normalized spacial score (nSPS) is 10.7. The maximum absolute atomic E-state index is 13.8. The first-order valence-electron chi connectivity index (χ1n) is 6.42. The molecule has 0 aliphatic rings. The van der Waals surface area contributed by atoms with Gasteiger partial charge in [0, 0.05) is 5.56 Å². The van der Waals surface area contributed by atoms with Crippen molar-refractivity contribution >= 4 is 34.7 Å². The second-order valence-electron chi connectivity index (χ2n) is 4.60. The summed E-state index contributed by atoms with van der Waals surface area (Å²) in [6, 6.07) is 7.98. The van der Waals surface area contributed by atoms with E-state index in [2.05, 4.69) is 15.5 Å². The number of nitrogens with one attached hydrogen (secondary N) is 2. The van der Waals surface area contributed by atoms with Gasteiger partial charge in [-0.05, 0) is 30.5 Å². The molecule has 0 atom stereocenters. The minimum Gasteiger partial charge on any atom is -0.305 e. The zero-order chi connectivity index (χ0) is 15.7. The fourth-order valence-electron chi connectivity index (χ4n) is 2.07. The fraction of sp³-hybridized carbons (Fsp3) is 0.0667. The molecule has 2 heterocycles. The Morgan fingerprint density at radius 2 is 2.18 bits per heavy atom. The molecular weight excluding hydrogens is 325 g/mol. The number of carbonyl (C=O) groups is 1. The molecule has 0 aliphatic heterocycles. The van der Waals surface area contributed by atoms with Crippen molar-refractivity contribution in [2.75, 3.05) is 5.32 Å². The van der Waals surface area contributed by atoms with E-state index in [-0.39, 0.29) is 10.6 Å². The van der Waals surface area contributed by atoms with Crippen LogP contribution >= 0.6 is 22.9 Å². The summed E-state index contributed by atoms with van der Waals surface area (Å²) in [6.07, 6.45) is 0. The Morgan fingerprint density at radius 1 is 1.36 bits per heavy atom. The first kappa shape index (κ1) is 14.7. The number of hydrogen-bond acceptors (Lipinski definition) is 3. The summed E-state index contributed by atoms with van der Waals surface area (Å²) >= 11 is 7.45. The number of thiophene rings is 1. The van der Waals surface area contributed by atoms with Crippen LogP contribution in [-0.2, 0) is 0 Å². The van der Waals surface area contributed by atoms with Crippen molar-refractivity contribution in [3.8, 4) is 10.6 Å². The molecule has 3 aromatic rings. The molecule has 4 nitrogen and oxygen atoms in total. The highest BCUT2D eigenvalue weighted by atomic mass is 35.5. The predicted octanol–water partition coefficient (Wildman–Crippen LogP) is 4.49. The molecular formula is C15H11ClFN3OS. The quantitative estimate of drug-likeness (QED) is 0.740. The summed E-state index contributed by atoms with van der Waals surface area (Å²) in [5, 5.41) is 11.6. The van der Waals surface area contributed by atoms with Gasteiger partial charge >= 0.3 is 0 Å². The molecule has 0 fully saturated rings.